The number of amides is 2. The lowest BCUT2D eigenvalue weighted by atomic mass is 10.0. The van der Waals surface area contributed by atoms with Crippen LogP contribution in [0.2, 0.25) is 0 Å². The number of hydrogen-bond acceptors (Lipinski definition) is 3. The van der Waals surface area contributed by atoms with Crippen molar-refractivity contribution in [2.24, 2.45) is 0 Å². The predicted octanol–water partition coefficient (Wildman–Crippen LogP) is 0.911. The number of hydrogen-bond donors (Lipinski definition) is 2. The Morgan fingerprint density at radius 1 is 1.29 bits per heavy atom. The maximum atomic E-state index is 12.1. The molecule has 0 aliphatic rings. The van der Waals surface area contributed by atoms with Gasteiger partial charge in [0.2, 0.25) is 5.91 Å². The first kappa shape index (κ1) is 16.4. The number of benzene rings is 1. The van der Waals surface area contributed by atoms with Crippen molar-refractivity contribution in [3.05, 3.63) is 41.0 Å². The molecule has 0 heterocycles. The van der Waals surface area contributed by atoms with E-state index in [2.05, 4.69) is 5.32 Å². The van der Waals surface area contributed by atoms with E-state index in [9.17, 15) is 14.4 Å². The van der Waals surface area contributed by atoms with Gasteiger partial charge in [-0.1, -0.05) is 12.1 Å². The summed E-state index contributed by atoms with van der Waals surface area (Å²) in [6.45, 7) is 1.69. The number of aliphatic carboxylic acids is 1. The highest BCUT2D eigenvalue weighted by Crippen LogP contribution is 2.12. The summed E-state index contributed by atoms with van der Waals surface area (Å²) in [5.74, 6) is -1.63. The lowest BCUT2D eigenvalue weighted by Crippen LogP contribution is -2.36. The first-order valence-electron chi connectivity index (χ1n) is 6.31. The molecule has 1 aromatic carbocycles. The zero-order valence-electron chi connectivity index (χ0n) is 12.2. The molecule has 0 unspecified atom stereocenters. The molecule has 0 spiro atoms. The summed E-state index contributed by atoms with van der Waals surface area (Å²) in [5, 5.41) is 11.1. The van der Waals surface area contributed by atoms with Gasteiger partial charge in [0.05, 0.1) is 6.54 Å². The molecule has 21 heavy (non-hydrogen) atoms. The molecule has 6 nitrogen and oxygen atoms in total. The van der Waals surface area contributed by atoms with E-state index in [4.69, 9.17) is 5.11 Å². The normalized spacial score (nSPS) is 10.4. The number of rotatable bonds is 5. The molecule has 2 amide bonds. The third-order valence-corrected chi connectivity index (χ3v) is 2.82. The van der Waals surface area contributed by atoms with Crippen molar-refractivity contribution in [2.75, 3.05) is 20.6 Å². The topological polar surface area (TPSA) is 86.7 Å². The molecule has 2 N–H and O–H groups in total. The van der Waals surface area contributed by atoms with Gasteiger partial charge in [-0.15, -0.1) is 0 Å². The van der Waals surface area contributed by atoms with Gasteiger partial charge < -0.3 is 15.3 Å². The summed E-state index contributed by atoms with van der Waals surface area (Å²) in [4.78, 5) is 35.4. The summed E-state index contributed by atoms with van der Waals surface area (Å²) >= 11 is 0. The van der Waals surface area contributed by atoms with Gasteiger partial charge in [-0.3, -0.25) is 9.59 Å². The van der Waals surface area contributed by atoms with Crippen molar-refractivity contribution in [2.45, 2.75) is 6.92 Å². The van der Waals surface area contributed by atoms with Gasteiger partial charge in [-0.25, -0.2) is 4.79 Å². The fourth-order valence-corrected chi connectivity index (χ4v) is 1.56. The maximum Gasteiger partial charge on any atom is 0.328 e. The summed E-state index contributed by atoms with van der Waals surface area (Å²) in [6, 6.07) is 5.03. The van der Waals surface area contributed by atoms with Crippen molar-refractivity contribution in [1.82, 2.24) is 10.2 Å². The highest BCUT2D eigenvalue weighted by atomic mass is 16.4. The highest BCUT2D eigenvalue weighted by molar-refractivity contribution is 5.98. The average molecular weight is 290 g/mol. The molecule has 0 aromatic heterocycles. The predicted molar refractivity (Wildman–Crippen MR) is 78.9 cm³/mol. The Morgan fingerprint density at radius 2 is 1.95 bits per heavy atom. The quantitative estimate of drug-likeness (QED) is 0.789. The molecule has 1 rings (SSSR count). The van der Waals surface area contributed by atoms with E-state index in [1.165, 1.54) is 11.0 Å². The van der Waals surface area contributed by atoms with Gasteiger partial charge >= 0.3 is 5.97 Å². The standard InChI is InChI=1S/C15H18N2O4/c1-10-4-5-11(6-7-14(19)20)8-12(10)15(21)16-9-13(18)17(2)3/h4-8H,9H2,1-3H3,(H,16,21)(H,19,20). The van der Waals surface area contributed by atoms with Crippen LogP contribution >= 0.6 is 0 Å². The van der Waals surface area contributed by atoms with Crippen LogP contribution in [0.5, 0.6) is 0 Å². The minimum absolute atomic E-state index is 0.0829. The third kappa shape index (κ3) is 5.10. The summed E-state index contributed by atoms with van der Waals surface area (Å²) in [5.41, 5.74) is 1.76. The van der Waals surface area contributed by atoms with Crippen LogP contribution < -0.4 is 5.32 Å². The zero-order chi connectivity index (χ0) is 16.0. The smallest absolute Gasteiger partial charge is 0.328 e. The van der Waals surface area contributed by atoms with E-state index in [0.717, 1.165) is 11.6 Å². The molecule has 0 bridgehead atoms. The van der Waals surface area contributed by atoms with E-state index < -0.39 is 5.97 Å². The number of nitrogens with one attached hydrogen (secondary N) is 1. The average Bonchev–Trinajstić information content (AvgIpc) is 2.43. The van der Waals surface area contributed by atoms with E-state index in [0.29, 0.717) is 11.1 Å². The van der Waals surface area contributed by atoms with Crippen LogP contribution in [0.1, 0.15) is 21.5 Å². The van der Waals surface area contributed by atoms with Crippen molar-refractivity contribution in [3.63, 3.8) is 0 Å². The van der Waals surface area contributed by atoms with Gasteiger partial charge in [0, 0.05) is 25.7 Å². The second kappa shape index (κ2) is 7.23. The first-order valence-corrected chi connectivity index (χ1v) is 6.31. The number of nitrogens with zero attached hydrogens (tertiary/aromatic N) is 1. The monoisotopic (exact) mass is 290 g/mol. The molecule has 0 saturated heterocycles. The number of carboxylic acid groups (broad SMARTS) is 1. The van der Waals surface area contributed by atoms with Gasteiger partial charge in [0.1, 0.15) is 0 Å². The molecule has 6 heteroatoms. The van der Waals surface area contributed by atoms with Crippen LogP contribution in [0.4, 0.5) is 0 Å². The van der Waals surface area contributed by atoms with Crippen LogP contribution in [-0.2, 0) is 9.59 Å². The van der Waals surface area contributed by atoms with Gasteiger partial charge in [0.25, 0.3) is 5.91 Å². The van der Waals surface area contributed by atoms with Crippen LogP contribution in [0.15, 0.2) is 24.3 Å². The Labute approximate surface area is 123 Å². The van der Waals surface area contributed by atoms with Crippen molar-refractivity contribution >= 4 is 23.9 Å². The minimum atomic E-state index is -1.06. The fourth-order valence-electron chi connectivity index (χ4n) is 1.56. The Hall–Kier alpha value is -2.63. The van der Waals surface area contributed by atoms with E-state index in [1.54, 1.807) is 39.2 Å². The highest BCUT2D eigenvalue weighted by Gasteiger charge is 2.11. The molecule has 1 aromatic rings. The SMILES string of the molecule is Cc1ccc(C=CC(=O)O)cc1C(=O)NCC(=O)N(C)C. The molecule has 0 radical (unpaired) electrons. The summed E-state index contributed by atoms with van der Waals surface area (Å²) in [6.07, 6.45) is 2.41. The maximum absolute atomic E-state index is 12.1. The van der Waals surface area contributed by atoms with E-state index in [-0.39, 0.29) is 18.4 Å². The summed E-state index contributed by atoms with van der Waals surface area (Å²) < 4.78 is 0. The number of likely N-dealkylation sites (N-methyl/N-ethyl adjacent to an activating group) is 1. The minimum Gasteiger partial charge on any atom is -0.478 e. The molecule has 112 valence electrons. The van der Waals surface area contributed by atoms with Gasteiger partial charge in [-0.05, 0) is 30.2 Å². The van der Waals surface area contributed by atoms with Crippen molar-refractivity contribution in [3.8, 4) is 0 Å². The van der Waals surface area contributed by atoms with Crippen molar-refractivity contribution in [1.29, 1.82) is 0 Å². The number of carbonyl (C=O) groups excluding carboxylic acids is 2. The lowest BCUT2D eigenvalue weighted by Gasteiger charge is -2.12. The zero-order valence-corrected chi connectivity index (χ0v) is 12.2. The Morgan fingerprint density at radius 3 is 2.52 bits per heavy atom. The van der Waals surface area contributed by atoms with Gasteiger partial charge in [-0.2, -0.15) is 0 Å². The molecule has 0 aliphatic carbocycles. The third-order valence-electron chi connectivity index (χ3n) is 2.82. The molecular formula is C15H18N2O4. The Bertz CT molecular complexity index is 591. The van der Waals surface area contributed by atoms with E-state index in [1.807, 2.05) is 0 Å². The molecule has 0 atom stereocenters. The van der Waals surface area contributed by atoms with Crippen molar-refractivity contribution < 1.29 is 19.5 Å². The first-order chi connectivity index (χ1) is 9.81. The van der Waals surface area contributed by atoms with Crippen LogP contribution in [0, 0.1) is 6.92 Å². The second-order valence-corrected chi connectivity index (χ2v) is 4.72. The number of carboxylic acids is 1. The molecular weight excluding hydrogens is 272 g/mol. The lowest BCUT2D eigenvalue weighted by molar-refractivity contribution is -0.131. The largest absolute Gasteiger partial charge is 0.478 e. The van der Waals surface area contributed by atoms with Crippen LogP contribution in [-0.4, -0.2) is 48.4 Å². The molecule has 0 aliphatic heterocycles. The van der Waals surface area contributed by atoms with Gasteiger partial charge in [0.15, 0.2) is 0 Å². The molecule has 0 saturated carbocycles. The summed E-state index contributed by atoms with van der Waals surface area (Å²) in [7, 11) is 3.22. The van der Waals surface area contributed by atoms with Crippen LogP contribution in [0.25, 0.3) is 6.08 Å². The second-order valence-electron chi connectivity index (χ2n) is 4.72. The Balaban J connectivity index is 2.86. The fraction of sp³-hybridized carbons (Fsp3) is 0.267. The Kier molecular flexibility index (Phi) is 5.66. The van der Waals surface area contributed by atoms with E-state index >= 15 is 0 Å². The molecule has 0 fully saturated rings. The van der Waals surface area contributed by atoms with Crippen LogP contribution in [0.3, 0.4) is 0 Å². The number of aryl methyl sites for hydroxylation is 1. The number of carbonyl (C=O) groups is 3.